The van der Waals surface area contributed by atoms with E-state index in [2.05, 4.69) is 0 Å². The number of hydrogen-bond donors (Lipinski definition) is 0. The van der Waals surface area contributed by atoms with E-state index >= 15 is 0 Å². The first-order valence-corrected chi connectivity index (χ1v) is 6.61. The maximum absolute atomic E-state index is 11.8. The lowest BCUT2D eigenvalue weighted by atomic mass is 10.2. The summed E-state index contributed by atoms with van der Waals surface area (Å²) in [6.45, 7) is 1.67. The highest BCUT2D eigenvalue weighted by molar-refractivity contribution is 7.86. The van der Waals surface area contributed by atoms with E-state index in [1.54, 1.807) is 12.1 Å². The third-order valence-corrected chi connectivity index (χ3v) is 3.50. The molecule has 0 aromatic heterocycles. The standard InChI is InChI=1S/C12H12O5S/c1-10-2-4-12(5-3-10)18(13,14)17-9-11-8-15-6-7-16-11/h2-8H,9H2,1H3. The van der Waals surface area contributed by atoms with E-state index in [1.165, 1.54) is 30.9 Å². The van der Waals surface area contributed by atoms with Crippen molar-refractivity contribution in [3.63, 3.8) is 0 Å². The number of ether oxygens (including phenoxy) is 2. The maximum atomic E-state index is 11.8. The molecular weight excluding hydrogens is 256 g/mol. The van der Waals surface area contributed by atoms with E-state index in [9.17, 15) is 8.42 Å². The molecule has 6 heteroatoms. The summed E-state index contributed by atoms with van der Waals surface area (Å²) in [6.07, 6.45) is 3.92. The van der Waals surface area contributed by atoms with E-state index in [1.807, 2.05) is 6.92 Å². The van der Waals surface area contributed by atoms with Crippen LogP contribution in [0.3, 0.4) is 0 Å². The first-order valence-electron chi connectivity index (χ1n) is 5.20. The number of benzene rings is 1. The zero-order chi connectivity index (χ0) is 13.0. The van der Waals surface area contributed by atoms with Crippen molar-refractivity contribution in [3.8, 4) is 0 Å². The molecule has 2 rings (SSSR count). The van der Waals surface area contributed by atoms with Crippen LogP contribution in [0, 0.1) is 6.92 Å². The number of rotatable bonds is 4. The van der Waals surface area contributed by atoms with E-state index in [0.717, 1.165) is 5.56 Å². The largest absolute Gasteiger partial charge is 0.466 e. The van der Waals surface area contributed by atoms with Gasteiger partial charge in [0.15, 0.2) is 5.76 Å². The summed E-state index contributed by atoms with van der Waals surface area (Å²) >= 11 is 0. The molecule has 0 bridgehead atoms. The Labute approximate surface area is 105 Å². The monoisotopic (exact) mass is 268 g/mol. The minimum Gasteiger partial charge on any atom is -0.466 e. The molecule has 5 nitrogen and oxygen atoms in total. The zero-order valence-electron chi connectivity index (χ0n) is 9.70. The summed E-state index contributed by atoms with van der Waals surface area (Å²) in [5.41, 5.74) is 0.978. The smallest absolute Gasteiger partial charge is 0.297 e. The first kappa shape index (κ1) is 12.7. The summed E-state index contributed by atoms with van der Waals surface area (Å²) in [5.74, 6) is 0.285. The van der Waals surface area contributed by atoms with Crippen molar-refractivity contribution >= 4 is 10.1 Å². The molecule has 96 valence electrons. The fourth-order valence-corrected chi connectivity index (χ4v) is 2.14. The lowest BCUT2D eigenvalue weighted by Crippen LogP contribution is -2.10. The van der Waals surface area contributed by atoms with Gasteiger partial charge >= 0.3 is 0 Å². The van der Waals surface area contributed by atoms with E-state index in [0.29, 0.717) is 0 Å². The quantitative estimate of drug-likeness (QED) is 0.782. The second kappa shape index (κ2) is 5.24. The Morgan fingerprint density at radius 1 is 1.17 bits per heavy atom. The Kier molecular flexibility index (Phi) is 3.69. The molecule has 0 fully saturated rings. The highest BCUT2D eigenvalue weighted by atomic mass is 32.2. The minimum absolute atomic E-state index is 0.112. The molecule has 0 amide bonds. The SMILES string of the molecule is Cc1ccc(S(=O)(=O)OCC2=COC=CO2)cc1. The predicted octanol–water partition coefficient (Wildman–Crippen LogP) is 2.06. The van der Waals surface area contributed by atoms with Crippen molar-refractivity contribution < 1.29 is 22.1 Å². The molecule has 18 heavy (non-hydrogen) atoms. The Hall–Kier alpha value is -1.79. The number of aryl methyl sites for hydroxylation is 1. The van der Waals surface area contributed by atoms with Crippen molar-refractivity contribution in [3.05, 3.63) is 54.4 Å². The van der Waals surface area contributed by atoms with E-state index in [-0.39, 0.29) is 17.3 Å². The van der Waals surface area contributed by atoms with Crippen LogP contribution in [0.4, 0.5) is 0 Å². The van der Waals surface area contributed by atoms with Crippen LogP contribution in [-0.2, 0) is 23.8 Å². The highest BCUT2D eigenvalue weighted by Gasteiger charge is 2.16. The normalized spacial score (nSPS) is 14.6. The Bertz CT molecular complexity index is 569. The van der Waals surface area contributed by atoms with Crippen LogP contribution in [-0.4, -0.2) is 15.0 Å². The molecule has 0 saturated carbocycles. The zero-order valence-corrected chi connectivity index (χ0v) is 10.5. The van der Waals surface area contributed by atoms with Gasteiger partial charge in [-0.05, 0) is 19.1 Å². The van der Waals surface area contributed by atoms with Gasteiger partial charge < -0.3 is 9.47 Å². The molecule has 0 aliphatic carbocycles. The Morgan fingerprint density at radius 3 is 2.50 bits per heavy atom. The second-order valence-electron chi connectivity index (χ2n) is 3.64. The summed E-state index contributed by atoms with van der Waals surface area (Å²) in [5, 5.41) is 0. The molecule has 0 radical (unpaired) electrons. The van der Waals surface area contributed by atoms with Gasteiger partial charge in [0.1, 0.15) is 25.4 Å². The van der Waals surface area contributed by atoms with Gasteiger partial charge in [0, 0.05) is 0 Å². The average molecular weight is 268 g/mol. The fraction of sp³-hybridized carbons (Fsp3) is 0.167. The molecule has 1 aliphatic rings. The van der Waals surface area contributed by atoms with Crippen molar-refractivity contribution in [2.45, 2.75) is 11.8 Å². The molecule has 0 saturated heterocycles. The molecule has 1 aliphatic heterocycles. The van der Waals surface area contributed by atoms with Gasteiger partial charge in [0.05, 0.1) is 4.90 Å². The first-order chi connectivity index (χ1) is 8.58. The Morgan fingerprint density at radius 2 is 1.89 bits per heavy atom. The molecule has 0 spiro atoms. The summed E-state index contributed by atoms with van der Waals surface area (Å²) in [6, 6.07) is 6.41. The van der Waals surface area contributed by atoms with Crippen LogP contribution in [0.15, 0.2) is 53.7 Å². The average Bonchev–Trinajstić information content (AvgIpc) is 2.38. The third-order valence-electron chi connectivity index (χ3n) is 2.22. The van der Waals surface area contributed by atoms with Gasteiger partial charge in [0.25, 0.3) is 10.1 Å². The van der Waals surface area contributed by atoms with E-state index < -0.39 is 10.1 Å². The lowest BCUT2D eigenvalue weighted by molar-refractivity contribution is 0.206. The molecule has 1 aromatic carbocycles. The molecule has 0 unspecified atom stereocenters. The van der Waals surface area contributed by atoms with Gasteiger partial charge in [-0.15, -0.1) is 0 Å². The highest BCUT2D eigenvalue weighted by Crippen LogP contribution is 2.15. The van der Waals surface area contributed by atoms with Gasteiger partial charge in [-0.1, -0.05) is 17.7 Å². The number of hydrogen-bond acceptors (Lipinski definition) is 5. The van der Waals surface area contributed by atoms with Gasteiger partial charge in [-0.25, -0.2) is 0 Å². The predicted molar refractivity (Wildman–Crippen MR) is 63.7 cm³/mol. The summed E-state index contributed by atoms with van der Waals surface area (Å²) in [4.78, 5) is 0.112. The lowest BCUT2D eigenvalue weighted by Gasteiger charge is -2.10. The van der Waals surface area contributed by atoms with Crippen LogP contribution in [0.5, 0.6) is 0 Å². The van der Waals surface area contributed by atoms with Crippen LogP contribution < -0.4 is 0 Å². The fourth-order valence-electron chi connectivity index (χ4n) is 1.27. The van der Waals surface area contributed by atoms with Crippen LogP contribution in [0.1, 0.15) is 5.56 Å². The Balaban J connectivity index is 2.03. The van der Waals surface area contributed by atoms with Gasteiger partial charge in [-0.3, -0.25) is 4.18 Å². The van der Waals surface area contributed by atoms with Crippen molar-refractivity contribution in [2.24, 2.45) is 0 Å². The minimum atomic E-state index is -3.78. The third kappa shape index (κ3) is 3.12. The summed E-state index contributed by atoms with van der Waals surface area (Å²) in [7, 11) is -3.78. The second-order valence-corrected chi connectivity index (χ2v) is 5.25. The topological polar surface area (TPSA) is 61.8 Å². The molecule has 1 aromatic rings. The van der Waals surface area contributed by atoms with Crippen molar-refractivity contribution in [1.29, 1.82) is 0 Å². The molecule has 0 N–H and O–H groups in total. The van der Waals surface area contributed by atoms with Crippen LogP contribution in [0.25, 0.3) is 0 Å². The van der Waals surface area contributed by atoms with Crippen LogP contribution in [0.2, 0.25) is 0 Å². The molecule has 0 atom stereocenters. The van der Waals surface area contributed by atoms with E-state index in [4.69, 9.17) is 13.7 Å². The maximum Gasteiger partial charge on any atom is 0.297 e. The molecule has 1 heterocycles. The summed E-state index contributed by atoms with van der Waals surface area (Å²) < 4.78 is 38.3. The van der Waals surface area contributed by atoms with Crippen molar-refractivity contribution in [1.82, 2.24) is 0 Å². The molecular formula is C12H12O5S. The van der Waals surface area contributed by atoms with Gasteiger partial charge in [-0.2, -0.15) is 8.42 Å². The van der Waals surface area contributed by atoms with Gasteiger partial charge in [0.2, 0.25) is 0 Å². The van der Waals surface area contributed by atoms with Crippen molar-refractivity contribution in [2.75, 3.05) is 6.61 Å². The van der Waals surface area contributed by atoms with Crippen LogP contribution >= 0.6 is 0 Å².